The molecule has 0 radical (unpaired) electrons. The molecule has 5 heteroatoms. The van der Waals surface area contributed by atoms with Gasteiger partial charge in [-0.3, -0.25) is 4.79 Å². The Hall–Kier alpha value is -2.71. The normalized spacial score (nSPS) is 11.2. The number of halogens is 1. The fourth-order valence-corrected chi connectivity index (χ4v) is 5.68. The van der Waals surface area contributed by atoms with Gasteiger partial charge < -0.3 is 9.46 Å². The lowest BCUT2D eigenvalue weighted by Gasteiger charge is -2.26. The SMILES string of the molecule is Cc1ccc(F)c(C(=O)N(C)CP(=O)(c2ccccc2)c2ccccc2)c1. The standard InChI is InChI=1S/C22H21FNO2P/c1-17-13-14-21(23)20(15-17)22(25)24(2)16-27(26,18-9-5-3-6-10-18)19-11-7-4-8-12-19/h3-15H,16H2,1-2H3. The number of carbonyl (C=O) groups is 1. The third-order valence-corrected chi connectivity index (χ3v) is 7.54. The van der Waals surface area contributed by atoms with E-state index in [1.54, 1.807) is 44.3 Å². The Morgan fingerprint density at radius 3 is 1.96 bits per heavy atom. The highest BCUT2D eigenvalue weighted by atomic mass is 31.2. The topological polar surface area (TPSA) is 37.4 Å². The second-order valence-corrected chi connectivity index (χ2v) is 9.33. The molecule has 0 atom stereocenters. The molecule has 1 amide bonds. The summed E-state index contributed by atoms with van der Waals surface area (Å²) in [4.78, 5) is 14.2. The Morgan fingerprint density at radius 2 is 1.44 bits per heavy atom. The van der Waals surface area contributed by atoms with Crippen LogP contribution in [0.5, 0.6) is 0 Å². The molecule has 3 rings (SSSR count). The van der Waals surface area contributed by atoms with Crippen LogP contribution >= 0.6 is 7.14 Å². The first kappa shape index (κ1) is 19.1. The monoisotopic (exact) mass is 381 g/mol. The molecule has 3 aromatic rings. The zero-order valence-electron chi connectivity index (χ0n) is 15.3. The van der Waals surface area contributed by atoms with Gasteiger partial charge in [0.1, 0.15) is 5.82 Å². The van der Waals surface area contributed by atoms with E-state index in [1.165, 1.54) is 17.0 Å². The number of benzene rings is 3. The highest BCUT2D eigenvalue weighted by Gasteiger charge is 2.31. The molecular weight excluding hydrogens is 360 g/mol. The number of carbonyl (C=O) groups excluding carboxylic acids is 1. The van der Waals surface area contributed by atoms with Crippen LogP contribution in [0.3, 0.4) is 0 Å². The lowest BCUT2D eigenvalue weighted by atomic mass is 10.1. The summed E-state index contributed by atoms with van der Waals surface area (Å²) in [7, 11) is -1.54. The van der Waals surface area contributed by atoms with Gasteiger partial charge in [0.2, 0.25) is 0 Å². The molecule has 0 aliphatic rings. The van der Waals surface area contributed by atoms with E-state index in [9.17, 15) is 13.8 Å². The summed E-state index contributed by atoms with van der Waals surface area (Å²) < 4.78 is 28.2. The van der Waals surface area contributed by atoms with Crippen molar-refractivity contribution < 1.29 is 13.8 Å². The molecule has 0 saturated heterocycles. The van der Waals surface area contributed by atoms with Gasteiger partial charge in [-0.2, -0.15) is 0 Å². The molecule has 0 spiro atoms. The number of nitrogens with zero attached hydrogens (tertiary/aromatic N) is 1. The molecule has 27 heavy (non-hydrogen) atoms. The number of hydrogen-bond donors (Lipinski definition) is 0. The molecule has 0 fully saturated rings. The third kappa shape index (κ3) is 4.01. The fourth-order valence-electron chi connectivity index (χ4n) is 3.02. The summed E-state index contributed by atoms with van der Waals surface area (Å²) in [6.45, 7) is 1.80. The van der Waals surface area contributed by atoms with Gasteiger partial charge in [-0.25, -0.2) is 4.39 Å². The van der Waals surface area contributed by atoms with Crippen LogP contribution in [-0.4, -0.2) is 24.1 Å². The van der Waals surface area contributed by atoms with Crippen LogP contribution in [0.1, 0.15) is 15.9 Å². The average molecular weight is 381 g/mol. The van der Waals surface area contributed by atoms with Gasteiger partial charge in [-0.1, -0.05) is 72.3 Å². The van der Waals surface area contributed by atoms with E-state index >= 15 is 0 Å². The first-order valence-electron chi connectivity index (χ1n) is 8.64. The second kappa shape index (κ2) is 7.89. The molecule has 0 aliphatic carbocycles. The van der Waals surface area contributed by atoms with Crippen LogP contribution in [0.2, 0.25) is 0 Å². The zero-order valence-corrected chi connectivity index (χ0v) is 16.2. The number of hydrogen-bond acceptors (Lipinski definition) is 2. The van der Waals surface area contributed by atoms with E-state index < -0.39 is 18.9 Å². The molecule has 0 bridgehead atoms. The average Bonchev–Trinajstić information content (AvgIpc) is 2.70. The van der Waals surface area contributed by atoms with E-state index in [2.05, 4.69) is 0 Å². The Kier molecular flexibility index (Phi) is 5.57. The molecule has 0 N–H and O–H groups in total. The zero-order chi connectivity index (χ0) is 19.4. The Morgan fingerprint density at radius 1 is 0.926 bits per heavy atom. The molecule has 0 aromatic heterocycles. The maximum Gasteiger partial charge on any atom is 0.257 e. The summed E-state index contributed by atoms with van der Waals surface area (Å²) in [5.74, 6) is -1.06. The Labute approximate surface area is 158 Å². The number of amides is 1. The van der Waals surface area contributed by atoms with Crippen LogP contribution in [0.25, 0.3) is 0 Å². The van der Waals surface area contributed by atoms with Gasteiger partial charge in [0, 0.05) is 17.7 Å². The van der Waals surface area contributed by atoms with Crippen LogP contribution in [-0.2, 0) is 4.57 Å². The van der Waals surface area contributed by atoms with Crippen LogP contribution in [0.4, 0.5) is 4.39 Å². The molecule has 138 valence electrons. The van der Waals surface area contributed by atoms with Gasteiger partial charge >= 0.3 is 0 Å². The predicted octanol–water partition coefficient (Wildman–Crippen LogP) is 4.18. The van der Waals surface area contributed by atoms with Crippen molar-refractivity contribution in [3.8, 4) is 0 Å². The van der Waals surface area contributed by atoms with E-state index in [0.717, 1.165) is 5.56 Å². The van der Waals surface area contributed by atoms with E-state index in [4.69, 9.17) is 0 Å². The predicted molar refractivity (Wildman–Crippen MR) is 108 cm³/mol. The van der Waals surface area contributed by atoms with Crippen molar-refractivity contribution in [2.45, 2.75) is 6.92 Å². The van der Waals surface area contributed by atoms with Crippen LogP contribution in [0.15, 0.2) is 78.9 Å². The molecule has 3 nitrogen and oxygen atoms in total. The highest BCUT2D eigenvalue weighted by molar-refractivity contribution is 7.78. The van der Waals surface area contributed by atoms with Crippen molar-refractivity contribution in [1.82, 2.24) is 4.90 Å². The van der Waals surface area contributed by atoms with Gasteiger partial charge in [0.25, 0.3) is 5.91 Å². The Bertz CT molecular complexity index is 946. The first-order valence-corrected chi connectivity index (χ1v) is 10.5. The summed E-state index contributed by atoms with van der Waals surface area (Å²) in [5, 5.41) is 1.33. The maximum atomic E-state index is 14.1. The lowest BCUT2D eigenvalue weighted by Crippen LogP contribution is -2.33. The smallest absolute Gasteiger partial charge is 0.257 e. The van der Waals surface area contributed by atoms with E-state index in [1.807, 2.05) is 36.4 Å². The highest BCUT2D eigenvalue weighted by Crippen LogP contribution is 2.43. The van der Waals surface area contributed by atoms with Crippen molar-refractivity contribution in [2.75, 3.05) is 13.3 Å². The summed E-state index contributed by atoms with van der Waals surface area (Å²) in [5.41, 5.74) is 0.785. The van der Waals surface area contributed by atoms with Crippen molar-refractivity contribution in [3.05, 3.63) is 95.8 Å². The van der Waals surface area contributed by atoms with Crippen LogP contribution < -0.4 is 10.6 Å². The fraction of sp³-hybridized carbons (Fsp3) is 0.136. The second-order valence-electron chi connectivity index (χ2n) is 6.54. The minimum Gasteiger partial charge on any atom is -0.334 e. The minimum atomic E-state index is -3.10. The van der Waals surface area contributed by atoms with Gasteiger partial charge in [0.15, 0.2) is 7.14 Å². The number of rotatable bonds is 5. The van der Waals surface area contributed by atoms with Crippen molar-refractivity contribution in [2.24, 2.45) is 0 Å². The number of aryl methyl sites for hydroxylation is 1. The molecular formula is C22H21FNO2P. The summed E-state index contributed by atoms with van der Waals surface area (Å²) >= 11 is 0. The maximum absolute atomic E-state index is 14.1. The molecule has 0 unspecified atom stereocenters. The van der Waals surface area contributed by atoms with Gasteiger partial charge in [-0.05, 0) is 19.1 Å². The van der Waals surface area contributed by atoms with Gasteiger partial charge in [0.05, 0.1) is 11.8 Å². The third-order valence-electron chi connectivity index (χ3n) is 4.46. The van der Waals surface area contributed by atoms with E-state index in [0.29, 0.717) is 10.6 Å². The lowest BCUT2D eigenvalue weighted by molar-refractivity contribution is 0.0813. The molecule has 3 aromatic carbocycles. The summed E-state index contributed by atoms with van der Waals surface area (Å²) in [6.07, 6.45) is -0.00670. The molecule has 0 heterocycles. The van der Waals surface area contributed by atoms with Crippen molar-refractivity contribution in [1.29, 1.82) is 0 Å². The van der Waals surface area contributed by atoms with Crippen molar-refractivity contribution in [3.63, 3.8) is 0 Å². The molecule has 0 saturated carbocycles. The summed E-state index contributed by atoms with van der Waals surface area (Å²) in [6, 6.07) is 22.7. The molecule has 0 aliphatic heterocycles. The van der Waals surface area contributed by atoms with Gasteiger partial charge in [-0.15, -0.1) is 0 Å². The van der Waals surface area contributed by atoms with Crippen LogP contribution in [0, 0.1) is 12.7 Å². The van der Waals surface area contributed by atoms with E-state index in [-0.39, 0.29) is 11.8 Å². The largest absolute Gasteiger partial charge is 0.334 e. The minimum absolute atomic E-state index is 0.00670. The Balaban J connectivity index is 1.99. The quantitative estimate of drug-likeness (QED) is 0.622. The first-order chi connectivity index (χ1) is 12.9. The van der Waals surface area contributed by atoms with Crippen molar-refractivity contribution >= 4 is 23.7 Å².